The predicted octanol–water partition coefficient (Wildman–Crippen LogP) is 4.46. The summed E-state index contributed by atoms with van der Waals surface area (Å²) in [6, 6.07) is 0. The molecule has 0 spiro atoms. The molecule has 4 nitrogen and oxygen atoms in total. The van der Waals surface area contributed by atoms with Gasteiger partial charge in [-0.1, -0.05) is 66.2 Å². The number of hydrogen-bond acceptors (Lipinski definition) is 3. The summed E-state index contributed by atoms with van der Waals surface area (Å²) < 4.78 is 4.73. The Balaban J connectivity index is 0. The lowest BCUT2D eigenvalue weighted by molar-refractivity contribution is 0.132. The SMILES string of the molecule is CCCCC(CC)CN.CCCCC(CC)COC(N)=O. The lowest BCUT2D eigenvalue weighted by Crippen LogP contribution is -2.18. The summed E-state index contributed by atoms with van der Waals surface area (Å²) >= 11 is 0. The number of hydrogen-bond donors (Lipinski definition) is 2. The van der Waals surface area contributed by atoms with E-state index in [0.717, 1.165) is 25.3 Å². The zero-order valence-corrected chi connectivity index (χ0v) is 14.7. The van der Waals surface area contributed by atoms with Gasteiger partial charge in [-0.25, -0.2) is 4.79 Å². The lowest BCUT2D eigenvalue weighted by Gasteiger charge is -2.12. The third kappa shape index (κ3) is 17.2. The highest BCUT2D eigenvalue weighted by atomic mass is 16.5. The molecule has 0 heterocycles. The fourth-order valence-electron chi connectivity index (χ4n) is 2.08. The number of carbonyl (C=O) groups excluding carboxylic acids is 1. The molecular formula is C17H38N2O2. The van der Waals surface area contributed by atoms with Crippen LogP contribution in [0.2, 0.25) is 0 Å². The minimum absolute atomic E-state index is 0.478. The van der Waals surface area contributed by atoms with Crippen LogP contribution in [-0.2, 0) is 4.74 Å². The molecule has 0 rings (SSSR count). The Kier molecular flexibility index (Phi) is 18.5. The Bertz CT molecular complexity index is 219. The molecule has 0 fully saturated rings. The Morgan fingerprint density at radius 3 is 1.76 bits per heavy atom. The molecule has 0 aromatic rings. The Morgan fingerprint density at radius 2 is 1.43 bits per heavy atom. The van der Waals surface area contributed by atoms with Crippen LogP contribution in [0, 0.1) is 11.8 Å². The fourth-order valence-corrected chi connectivity index (χ4v) is 2.08. The molecular weight excluding hydrogens is 264 g/mol. The standard InChI is InChI=1S/C9H19NO2.C8H19N/c1-3-5-6-8(4-2)7-12-9(10)11;1-3-5-6-8(4-2)7-9/h8H,3-7H2,1-2H3,(H2,10,11);8H,3-7,9H2,1-2H3. The average molecular weight is 303 g/mol. The van der Waals surface area contributed by atoms with Gasteiger partial charge < -0.3 is 16.2 Å². The van der Waals surface area contributed by atoms with Gasteiger partial charge in [0.25, 0.3) is 0 Å². The van der Waals surface area contributed by atoms with Crippen LogP contribution < -0.4 is 11.5 Å². The highest BCUT2D eigenvalue weighted by molar-refractivity contribution is 5.64. The van der Waals surface area contributed by atoms with Crippen molar-refractivity contribution < 1.29 is 9.53 Å². The molecule has 0 bridgehead atoms. The van der Waals surface area contributed by atoms with Crippen molar-refractivity contribution in [1.29, 1.82) is 0 Å². The first-order valence-corrected chi connectivity index (χ1v) is 8.67. The number of amides is 1. The predicted molar refractivity (Wildman–Crippen MR) is 91.2 cm³/mol. The van der Waals surface area contributed by atoms with E-state index in [1.165, 1.54) is 38.5 Å². The van der Waals surface area contributed by atoms with Crippen LogP contribution >= 0.6 is 0 Å². The molecule has 21 heavy (non-hydrogen) atoms. The third-order valence-corrected chi connectivity index (χ3v) is 3.88. The van der Waals surface area contributed by atoms with Crippen molar-refractivity contribution in [3.63, 3.8) is 0 Å². The number of carbonyl (C=O) groups is 1. The summed E-state index contributed by atoms with van der Waals surface area (Å²) in [5.41, 5.74) is 10.4. The molecule has 0 aliphatic heterocycles. The van der Waals surface area contributed by atoms with Gasteiger partial charge in [-0.15, -0.1) is 0 Å². The first-order valence-electron chi connectivity index (χ1n) is 8.67. The van der Waals surface area contributed by atoms with Crippen molar-refractivity contribution in [2.75, 3.05) is 13.2 Å². The van der Waals surface area contributed by atoms with Gasteiger partial charge in [-0.05, 0) is 31.2 Å². The van der Waals surface area contributed by atoms with Gasteiger partial charge in [0.15, 0.2) is 0 Å². The second-order valence-corrected chi connectivity index (χ2v) is 5.70. The Morgan fingerprint density at radius 1 is 0.952 bits per heavy atom. The third-order valence-electron chi connectivity index (χ3n) is 3.88. The molecule has 0 aromatic carbocycles. The van der Waals surface area contributed by atoms with Crippen molar-refractivity contribution in [3.05, 3.63) is 0 Å². The Hall–Kier alpha value is -0.770. The zero-order chi connectivity index (χ0) is 16.5. The van der Waals surface area contributed by atoms with E-state index in [1.807, 2.05) is 0 Å². The minimum Gasteiger partial charge on any atom is -0.449 e. The van der Waals surface area contributed by atoms with E-state index >= 15 is 0 Å². The van der Waals surface area contributed by atoms with Crippen LogP contribution in [0.1, 0.15) is 79.1 Å². The van der Waals surface area contributed by atoms with Crippen LogP contribution in [-0.4, -0.2) is 19.2 Å². The summed E-state index contributed by atoms with van der Waals surface area (Å²) in [6.45, 7) is 10.0. The van der Waals surface area contributed by atoms with Crippen molar-refractivity contribution in [3.8, 4) is 0 Å². The van der Waals surface area contributed by atoms with Gasteiger partial charge in [0.2, 0.25) is 0 Å². The number of primary amides is 1. The number of unbranched alkanes of at least 4 members (excludes halogenated alkanes) is 2. The molecule has 0 saturated heterocycles. The van der Waals surface area contributed by atoms with Gasteiger partial charge in [0.05, 0.1) is 6.61 Å². The van der Waals surface area contributed by atoms with E-state index in [9.17, 15) is 4.79 Å². The molecule has 0 aromatic heterocycles. The van der Waals surface area contributed by atoms with E-state index in [4.69, 9.17) is 16.2 Å². The van der Waals surface area contributed by atoms with Crippen molar-refractivity contribution in [1.82, 2.24) is 0 Å². The molecule has 128 valence electrons. The van der Waals surface area contributed by atoms with E-state index in [-0.39, 0.29) is 0 Å². The lowest BCUT2D eigenvalue weighted by atomic mass is 10.00. The van der Waals surface area contributed by atoms with Crippen molar-refractivity contribution >= 4 is 6.09 Å². The molecule has 2 atom stereocenters. The van der Waals surface area contributed by atoms with E-state index < -0.39 is 6.09 Å². The summed E-state index contributed by atoms with van der Waals surface area (Å²) in [5.74, 6) is 1.27. The quantitative estimate of drug-likeness (QED) is 0.591. The smallest absolute Gasteiger partial charge is 0.404 e. The van der Waals surface area contributed by atoms with Crippen molar-refractivity contribution in [2.45, 2.75) is 79.1 Å². The van der Waals surface area contributed by atoms with Crippen LogP contribution in [0.4, 0.5) is 4.79 Å². The molecule has 0 radical (unpaired) electrons. The second kappa shape index (κ2) is 17.3. The first-order chi connectivity index (χ1) is 10.0. The van der Waals surface area contributed by atoms with Gasteiger partial charge in [0.1, 0.15) is 0 Å². The highest BCUT2D eigenvalue weighted by Gasteiger charge is 2.07. The van der Waals surface area contributed by atoms with Crippen LogP contribution in [0.5, 0.6) is 0 Å². The molecule has 0 saturated carbocycles. The van der Waals surface area contributed by atoms with Gasteiger partial charge in [-0.2, -0.15) is 0 Å². The minimum atomic E-state index is -0.662. The van der Waals surface area contributed by atoms with Gasteiger partial charge in [0, 0.05) is 0 Å². The van der Waals surface area contributed by atoms with E-state index in [0.29, 0.717) is 12.5 Å². The van der Waals surface area contributed by atoms with Gasteiger partial charge >= 0.3 is 6.09 Å². The van der Waals surface area contributed by atoms with E-state index in [1.54, 1.807) is 0 Å². The monoisotopic (exact) mass is 302 g/mol. The highest BCUT2D eigenvalue weighted by Crippen LogP contribution is 2.12. The number of ether oxygens (including phenoxy) is 1. The molecule has 0 aliphatic rings. The molecule has 0 aliphatic carbocycles. The Labute approximate surface area is 132 Å². The maximum absolute atomic E-state index is 10.3. The average Bonchev–Trinajstić information content (AvgIpc) is 2.49. The summed E-state index contributed by atoms with van der Waals surface area (Å²) in [5, 5.41) is 0. The van der Waals surface area contributed by atoms with Crippen LogP contribution in [0.25, 0.3) is 0 Å². The second-order valence-electron chi connectivity index (χ2n) is 5.70. The van der Waals surface area contributed by atoms with Crippen LogP contribution in [0.3, 0.4) is 0 Å². The number of rotatable bonds is 11. The van der Waals surface area contributed by atoms with Crippen LogP contribution in [0.15, 0.2) is 0 Å². The topological polar surface area (TPSA) is 78.3 Å². The molecule has 4 N–H and O–H groups in total. The molecule has 1 amide bonds. The normalized spacial score (nSPS) is 13.0. The van der Waals surface area contributed by atoms with Gasteiger partial charge in [-0.3, -0.25) is 0 Å². The maximum atomic E-state index is 10.3. The number of nitrogens with two attached hydrogens (primary N) is 2. The first kappa shape index (κ1) is 22.5. The van der Waals surface area contributed by atoms with Crippen molar-refractivity contribution in [2.24, 2.45) is 23.3 Å². The molecule has 2 unspecified atom stereocenters. The summed E-state index contributed by atoms with van der Waals surface area (Å²) in [4.78, 5) is 10.3. The summed E-state index contributed by atoms with van der Waals surface area (Å²) in [7, 11) is 0. The maximum Gasteiger partial charge on any atom is 0.404 e. The largest absolute Gasteiger partial charge is 0.449 e. The molecule has 4 heteroatoms. The van der Waals surface area contributed by atoms with E-state index in [2.05, 4.69) is 27.7 Å². The fraction of sp³-hybridized carbons (Fsp3) is 0.941. The summed E-state index contributed by atoms with van der Waals surface area (Å²) in [6.07, 6.45) is 9.11. The zero-order valence-electron chi connectivity index (χ0n) is 14.7.